The Kier molecular flexibility index (Phi) is 3.80. The summed E-state index contributed by atoms with van der Waals surface area (Å²) < 4.78 is 0. The van der Waals surface area contributed by atoms with Crippen molar-refractivity contribution in [3.05, 3.63) is 35.9 Å². The number of fused-ring (bicyclic) bond motifs is 1. The van der Waals surface area contributed by atoms with E-state index in [1.165, 1.54) is 10.9 Å². The SMILES string of the molecule is CCSc1nc2ccccc2cc1CCN. The molecule has 2 rings (SSSR count). The summed E-state index contributed by atoms with van der Waals surface area (Å²) in [4.78, 5) is 4.69. The Hall–Kier alpha value is -1.06. The molecule has 0 atom stereocenters. The minimum Gasteiger partial charge on any atom is -0.330 e. The zero-order chi connectivity index (χ0) is 11.4. The van der Waals surface area contributed by atoms with Gasteiger partial charge in [0.15, 0.2) is 0 Å². The summed E-state index contributed by atoms with van der Waals surface area (Å²) in [6, 6.07) is 10.4. The summed E-state index contributed by atoms with van der Waals surface area (Å²) in [7, 11) is 0. The molecule has 2 aromatic rings. The van der Waals surface area contributed by atoms with Crippen LogP contribution >= 0.6 is 11.8 Å². The highest BCUT2D eigenvalue weighted by molar-refractivity contribution is 7.99. The molecular formula is C13H16N2S. The normalized spacial score (nSPS) is 10.9. The Bertz CT molecular complexity index is 438. The second-order valence-corrected chi connectivity index (χ2v) is 4.87. The van der Waals surface area contributed by atoms with Gasteiger partial charge in [0, 0.05) is 5.39 Å². The van der Waals surface area contributed by atoms with Crippen LogP contribution in [0, 0.1) is 0 Å². The van der Waals surface area contributed by atoms with E-state index < -0.39 is 0 Å². The average molecular weight is 232 g/mol. The number of benzene rings is 1. The summed E-state index contributed by atoms with van der Waals surface area (Å²) in [6.07, 6.45) is 0.903. The molecule has 3 heteroatoms. The fourth-order valence-electron chi connectivity index (χ4n) is 1.74. The molecular weight excluding hydrogens is 216 g/mol. The van der Waals surface area contributed by atoms with Crippen LogP contribution in [0.5, 0.6) is 0 Å². The van der Waals surface area contributed by atoms with Gasteiger partial charge in [-0.25, -0.2) is 4.98 Å². The Labute approximate surface area is 100 Å². The summed E-state index contributed by atoms with van der Waals surface area (Å²) in [5.41, 5.74) is 7.97. The second kappa shape index (κ2) is 5.32. The highest BCUT2D eigenvalue weighted by Crippen LogP contribution is 2.24. The Balaban J connectivity index is 2.51. The van der Waals surface area contributed by atoms with Crippen molar-refractivity contribution in [1.29, 1.82) is 0 Å². The van der Waals surface area contributed by atoms with Gasteiger partial charge in [0.1, 0.15) is 0 Å². The van der Waals surface area contributed by atoms with Crippen LogP contribution in [0.15, 0.2) is 35.4 Å². The van der Waals surface area contributed by atoms with Gasteiger partial charge in [-0.15, -0.1) is 11.8 Å². The van der Waals surface area contributed by atoms with Crippen molar-refractivity contribution in [3.63, 3.8) is 0 Å². The number of pyridine rings is 1. The maximum atomic E-state index is 5.63. The molecule has 0 amide bonds. The lowest BCUT2D eigenvalue weighted by molar-refractivity contribution is 0.922. The molecule has 0 fully saturated rings. The molecule has 0 saturated carbocycles. The van der Waals surface area contributed by atoms with E-state index in [1.807, 2.05) is 12.1 Å². The van der Waals surface area contributed by atoms with Crippen LogP contribution in [-0.2, 0) is 6.42 Å². The molecule has 1 aromatic heterocycles. The van der Waals surface area contributed by atoms with Gasteiger partial charge in [-0.2, -0.15) is 0 Å². The lowest BCUT2D eigenvalue weighted by Gasteiger charge is -2.08. The molecule has 0 unspecified atom stereocenters. The number of hydrogen-bond donors (Lipinski definition) is 1. The first-order valence-corrected chi connectivity index (χ1v) is 6.55. The van der Waals surface area contributed by atoms with E-state index in [0.717, 1.165) is 22.7 Å². The van der Waals surface area contributed by atoms with E-state index in [2.05, 4.69) is 25.1 Å². The predicted molar refractivity (Wildman–Crippen MR) is 70.9 cm³/mol. The minimum atomic E-state index is 0.678. The van der Waals surface area contributed by atoms with Crippen LogP contribution in [0.2, 0.25) is 0 Å². The molecule has 0 aliphatic heterocycles. The van der Waals surface area contributed by atoms with E-state index in [9.17, 15) is 0 Å². The highest BCUT2D eigenvalue weighted by Gasteiger charge is 2.05. The zero-order valence-corrected chi connectivity index (χ0v) is 10.3. The summed E-state index contributed by atoms with van der Waals surface area (Å²) >= 11 is 1.79. The molecule has 2 N–H and O–H groups in total. The molecule has 1 heterocycles. The van der Waals surface area contributed by atoms with Crippen molar-refractivity contribution in [2.45, 2.75) is 18.4 Å². The van der Waals surface area contributed by atoms with E-state index in [-0.39, 0.29) is 0 Å². The number of thioether (sulfide) groups is 1. The van der Waals surface area contributed by atoms with Crippen LogP contribution in [-0.4, -0.2) is 17.3 Å². The van der Waals surface area contributed by atoms with Crippen LogP contribution < -0.4 is 5.73 Å². The first-order chi connectivity index (χ1) is 7.85. The van der Waals surface area contributed by atoms with Gasteiger partial charge >= 0.3 is 0 Å². The smallest absolute Gasteiger partial charge is 0.0999 e. The molecule has 0 saturated heterocycles. The lowest BCUT2D eigenvalue weighted by atomic mass is 10.1. The van der Waals surface area contributed by atoms with Crippen LogP contribution in [0.4, 0.5) is 0 Å². The van der Waals surface area contributed by atoms with Gasteiger partial charge in [-0.3, -0.25) is 0 Å². The standard InChI is InChI=1S/C13H16N2S/c1-2-16-13-11(7-8-14)9-10-5-3-4-6-12(10)15-13/h3-6,9H,2,7-8,14H2,1H3. The van der Waals surface area contributed by atoms with Crippen molar-refractivity contribution in [1.82, 2.24) is 4.98 Å². The molecule has 1 aromatic carbocycles. The van der Waals surface area contributed by atoms with Gasteiger partial charge in [0.05, 0.1) is 10.5 Å². The Morgan fingerprint density at radius 1 is 1.31 bits per heavy atom. The summed E-state index contributed by atoms with van der Waals surface area (Å²) in [5.74, 6) is 1.04. The third-order valence-electron chi connectivity index (χ3n) is 2.46. The van der Waals surface area contributed by atoms with Crippen LogP contribution in [0.25, 0.3) is 10.9 Å². The van der Waals surface area contributed by atoms with Gasteiger partial charge in [0.25, 0.3) is 0 Å². The first-order valence-electron chi connectivity index (χ1n) is 5.56. The zero-order valence-electron chi connectivity index (χ0n) is 9.44. The lowest BCUT2D eigenvalue weighted by Crippen LogP contribution is -2.04. The number of nitrogens with zero attached hydrogens (tertiary/aromatic N) is 1. The van der Waals surface area contributed by atoms with E-state index in [1.54, 1.807) is 11.8 Å². The van der Waals surface area contributed by atoms with E-state index >= 15 is 0 Å². The molecule has 0 aliphatic rings. The maximum absolute atomic E-state index is 5.63. The number of aromatic nitrogens is 1. The van der Waals surface area contributed by atoms with Gasteiger partial charge in [-0.1, -0.05) is 25.1 Å². The van der Waals surface area contributed by atoms with Gasteiger partial charge in [0.2, 0.25) is 0 Å². The van der Waals surface area contributed by atoms with E-state index in [0.29, 0.717) is 6.54 Å². The third kappa shape index (κ3) is 2.36. The molecule has 84 valence electrons. The number of para-hydroxylation sites is 1. The summed E-state index contributed by atoms with van der Waals surface area (Å²) in [5, 5.41) is 2.33. The van der Waals surface area contributed by atoms with Gasteiger partial charge < -0.3 is 5.73 Å². The molecule has 2 nitrogen and oxygen atoms in total. The monoisotopic (exact) mass is 232 g/mol. The van der Waals surface area contributed by atoms with E-state index in [4.69, 9.17) is 10.7 Å². The summed E-state index contributed by atoms with van der Waals surface area (Å²) in [6.45, 7) is 2.82. The number of hydrogen-bond acceptors (Lipinski definition) is 3. The third-order valence-corrected chi connectivity index (χ3v) is 3.37. The van der Waals surface area contributed by atoms with Crippen molar-refractivity contribution < 1.29 is 0 Å². The minimum absolute atomic E-state index is 0.678. The first kappa shape index (κ1) is 11.4. The molecule has 0 radical (unpaired) electrons. The van der Waals surface area contributed by atoms with Crippen molar-refractivity contribution in [2.75, 3.05) is 12.3 Å². The number of nitrogens with two attached hydrogens (primary N) is 1. The van der Waals surface area contributed by atoms with Crippen molar-refractivity contribution in [3.8, 4) is 0 Å². The van der Waals surface area contributed by atoms with Crippen LogP contribution in [0.3, 0.4) is 0 Å². The average Bonchev–Trinajstić information content (AvgIpc) is 2.30. The fourth-order valence-corrected chi connectivity index (χ4v) is 2.52. The maximum Gasteiger partial charge on any atom is 0.0999 e. The predicted octanol–water partition coefficient (Wildman–Crippen LogP) is 2.85. The van der Waals surface area contributed by atoms with Crippen molar-refractivity contribution >= 4 is 22.7 Å². The second-order valence-electron chi connectivity index (χ2n) is 3.62. The molecule has 0 spiro atoms. The fraction of sp³-hybridized carbons (Fsp3) is 0.308. The Morgan fingerprint density at radius 2 is 2.12 bits per heavy atom. The molecule has 0 bridgehead atoms. The number of rotatable bonds is 4. The molecule has 16 heavy (non-hydrogen) atoms. The highest BCUT2D eigenvalue weighted by atomic mass is 32.2. The van der Waals surface area contributed by atoms with Crippen molar-refractivity contribution in [2.24, 2.45) is 5.73 Å². The molecule has 0 aliphatic carbocycles. The van der Waals surface area contributed by atoms with Crippen LogP contribution in [0.1, 0.15) is 12.5 Å². The largest absolute Gasteiger partial charge is 0.330 e. The Morgan fingerprint density at radius 3 is 2.88 bits per heavy atom. The van der Waals surface area contributed by atoms with Gasteiger partial charge in [-0.05, 0) is 36.4 Å². The topological polar surface area (TPSA) is 38.9 Å². The quantitative estimate of drug-likeness (QED) is 0.824.